The van der Waals surface area contributed by atoms with Crippen LogP contribution in [0.5, 0.6) is 0 Å². The third kappa shape index (κ3) is 5.87. The zero-order chi connectivity index (χ0) is 16.9. The van der Waals surface area contributed by atoms with Gasteiger partial charge in [-0.25, -0.2) is 4.79 Å². The molecule has 1 heterocycles. The first kappa shape index (κ1) is 17.8. The highest BCUT2D eigenvalue weighted by Gasteiger charge is 2.30. The van der Waals surface area contributed by atoms with Crippen molar-refractivity contribution in [2.24, 2.45) is 5.92 Å². The summed E-state index contributed by atoms with van der Waals surface area (Å²) in [7, 11) is 0. The lowest BCUT2D eigenvalue weighted by molar-refractivity contribution is 0.0428. The Hall–Kier alpha value is -1.55. The van der Waals surface area contributed by atoms with Crippen LogP contribution in [0.4, 0.5) is 4.79 Å². The van der Waals surface area contributed by atoms with Crippen molar-refractivity contribution in [3.63, 3.8) is 0 Å². The van der Waals surface area contributed by atoms with E-state index < -0.39 is 5.60 Å². The highest BCUT2D eigenvalue weighted by molar-refractivity contribution is 5.68. The van der Waals surface area contributed by atoms with E-state index in [0.29, 0.717) is 5.92 Å². The number of carbonyl (C=O) groups excluding carboxylic acids is 1. The number of rotatable bonds is 4. The van der Waals surface area contributed by atoms with Gasteiger partial charge >= 0.3 is 6.09 Å². The minimum Gasteiger partial charge on any atom is -0.444 e. The lowest BCUT2D eigenvalue weighted by atomic mass is 9.89. The van der Waals surface area contributed by atoms with Crippen LogP contribution in [0.2, 0.25) is 0 Å². The van der Waals surface area contributed by atoms with Crippen LogP contribution in [0, 0.1) is 5.92 Å². The molecule has 1 amide bonds. The van der Waals surface area contributed by atoms with Gasteiger partial charge in [0.2, 0.25) is 0 Å². The van der Waals surface area contributed by atoms with E-state index in [-0.39, 0.29) is 12.1 Å². The van der Waals surface area contributed by atoms with Crippen molar-refractivity contribution >= 4 is 6.09 Å². The number of ether oxygens (including phenoxy) is 1. The molecule has 2 atom stereocenters. The summed E-state index contributed by atoms with van der Waals surface area (Å²) in [5.74, 6) is 0.472. The minimum absolute atomic E-state index is 0.210. The molecule has 1 aromatic carbocycles. The fourth-order valence-corrected chi connectivity index (χ4v) is 3.16. The molecule has 0 saturated carbocycles. The van der Waals surface area contributed by atoms with Crippen LogP contribution in [-0.2, 0) is 11.3 Å². The Kier molecular flexibility index (Phi) is 6.05. The second kappa shape index (κ2) is 7.82. The molecule has 1 aliphatic rings. The number of nitrogens with one attached hydrogen (secondary N) is 1. The van der Waals surface area contributed by atoms with Crippen molar-refractivity contribution in [3.05, 3.63) is 35.9 Å². The lowest BCUT2D eigenvalue weighted by Gasteiger charge is -2.38. The quantitative estimate of drug-likeness (QED) is 0.918. The number of amides is 1. The largest absolute Gasteiger partial charge is 0.444 e. The maximum absolute atomic E-state index is 12.0. The second-order valence-corrected chi connectivity index (χ2v) is 7.43. The molecule has 128 valence electrons. The normalized spacial score (nSPS) is 22.6. The third-order valence-electron chi connectivity index (χ3n) is 4.29. The van der Waals surface area contributed by atoms with Crippen LogP contribution in [0.25, 0.3) is 0 Å². The van der Waals surface area contributed by atoms with Crippen LogP contribution in [-0.4, -0.2) is 35.7 Å². The molecule has 0 radical (unpaired) electrons. The smallest absolute Gasteiger partial charge is 0.407 e. The number of benzene rings is 1. The number of hydrogen-bond acceptors (Lipinski definition) is 3. The number of hydrogen-bond donors (Lipinski definition) is 1. The van der Waals surface area contributed by atoms with E-state index in [2.05, 4.69) is 47.5 Å². The fourth-order valence-electron chi connectivity index (χ4n) is 3.16. The molecule has 0 spiro atoms. The van der Waals surface area contributed by atoms with Crippen molar-refractivity contribution in [2.75, 3.05) is 13.1 Å². The average molecular weight is 318 g/mol. The molecule has 1 aromatic rings. The van der Waals surface area contributed by atoms with Gasteiger partial charge in [0.05, 0.1) is 0 Å². The van der Waals surface area contributed by atoms with E-state index in [1.54, 1.807) is 0 Å². The second-order valence-electron chi connectivity index (χ2n) is 7.43. The predicted molar refractivity (Wildman–Crippen MR) is 93.3 cm³/mol. The number of nitrogens with zero attached hydrogens (tertiary/aromatic N) is 1. The predicted octanol–water partition coefficient (Wildman–Crippen LogP) is 3.81. The topological polar surface area (TPSA) is 41.6 Å². The monoisotopic (exact) mass is 318 g/mol. The molecule has 4 nitrogen and oxygen atoms in total. The van der Waals surface area contributed by atoms with Crippen molar-refractivity contribution in [3.8, 4) is 0 Å². The summed E-state index contributed by atoms with van der Waals surface area (Å²) in [5, 5.41) is 3.07. The van der Waals surface area contributed by atoms with E-state index in [1.165, 1.54) is 5.56 Å². The van der Waals surface area contributed by atoms with Gasteiger partial charge in [0.15, 0.2) is 0 Å². The van der Waals surface area contributed by atoms with E-state index in [0.717, 1.165) is 32.5 Å². The first-order chi connectivity index (χ1) is 10.9. The van der Waals surface area contributed by atoms with Crippen molar-refractivity contribution in [1.82, 2.24) is 10.2 Å². The number of carbonyl (C=O) groups is 1. The Morgan fingerprint density at radius 2 is 2.00 bits per heavy atom. The van der Waals surface area contributed by atoms with E-state index >= 15 is 0 Å². The maximum atomic E-state index is 12.0. The van der Waals surface area contributed by atoms with Crippen LogP contribution >= 0.6 is 0 Å². The molecule has 4 heteroatoms. The highest BCUT2D eigenvalue weighted by Crippen LogP contribution is 2.22. The minimum atomic E-state index is -0.445. The average Bonchev–Trinajstić information content (AvgIpc) is 2.48. The molecule has 1 aliphatic heterocycles. The van der Waals surface area contributed by atoms with E-state index in [9.17, 15) is 4.79 Å². The zero-order valence-electron chi connectivity index (χ0n) is 14.8. The van der Waals surface area contributed by atoms with Gasteiger partial charge in [-0.2, -0.15) is 0 Å². The van der Waals surface area contributed by atoms with Crippen LogP contribution in [0.3, 0.4) is 0 Å². The van der Waals surface area contributed by atoms with Crippen LogP contribution in [0.1, 0.15) is 46.1 Å². The summed E-state index contributed by atoms with van der Waals surface area (Å²) in [6, 6.07) is 10.8. The van der Waals surface area contributed by atoms with Gasteiger partial charge in [0.25, 0.3) is 0 Å². The number of piperidine rings is 1. The van der Waals surface area contributed by atoms with Gasteiger partial charge in [-0.3, -0.25) is 4.90 Å². The number of alkyl carbamates (subject to hydrolysis) is 1. The van der Waals surface area contributed by atoms with Crippen molar-refractivity contribution in [2.45, 2.75) is 58.7 Å². The van der Waals surface area contributed by atoms with Gasteiger partial charge in [-0.05, 0) is 38.7 Å². The Morgan fingerprint density at radius 3 is 2.61 bits per heavy atom. The number of likely N-dealkylation sites (tertiary alicyclic amines) is 1. The summed E-state index contributed by atoms with van der Waals surface area (Å²) >= 11 is 0. The Balaban J connectivity index is 1.87. The van der Waals surface area contributed by atoms with Gasteiger partial charge in [-0.15, -0.1) is 0 Å². The van der Waals surface area contributed by atoms with Gasteiger partial charge in [0, 0.05) is 25.7 Å². The Labute approximate surface area is 140 Å². The standard InChI is InChI=1S/C19H30N2O2/c1-5-16-14-21(13-15-9-7-6-8-10-15)12-11-17(16)20-18(22)23-19(2,3)4/h6-10,16-17H,5,11-14H2,1-4H3,(H,20,22)/t16-,17+/m1/s1. The lowest BCUT2D eigenvalue weighted by Crippen LogP contribution is -2.51. The highest BCUT2D eigenvalue weighted by atomic mass is 16.6. The van der Waals surface area contributed by atoms with Gasteiger partial charge < -0.3 is 10.1 Å². The summed E-state index contributed by atoms with van der Waals surface area (Å²) in [6.07, 6.45) is 1.74. The molecule has 2 rings (SSSR count). The molecule has 1 fully saturated rings. The Bertz CT molecular complexity index is 496. The summed E-state index contributed by atoms with van der Waals surface area (Å²) in [6.45, 7) is 10.9. The molecule has 1 saturated heterocycles. The first-order valence-corrected chi connectivity index (χ1v) is 8.63. The van der Waals surface area contributed by atoms with Gasteiger partial charge in [-0.1, -0.05) is 43.7 Å². The molecule has 0 unspecified atom stereocenters. The molecular weight excluding hydrogens is 288 g/mol. The van der Waals surface area contributed by atoms with E-state index in [4.69, 9.17) is 4.74 Å². The molecule has 0 aliphatic carbocycles. The van der Waals surface area contributed by atoms with Crippen LogP contribution < -0.4 is 5.32 Å². The third-order valence-corrected chi connectivity index (χ3v) is 4.29. The fraction of sp³-hybridized carbons (Fsp3) is 0.632. The van der Waals surface area contributed by atoms with Crippen LogP contribution in [0.15, 0.2) is 30.3 Å². The first-order valence-electron chi connectivity index (χ1n) is 8.63. The zero-order valence-corrected chi connectivity index (χ0v) is 14.8. The summed E-state index contributed by atoms with van der Waals surface area (Å²) in [5.41, 5.74) is 0.903. The molecular formula is C19H30N2O2. The molecule has 0 aromatic heterocycles. The summed E-state index contributed by atoms with van der Waals surface area (Å²) < 4.78 is 5.39. The molecule has 1 N–H and O–H groups in total. The molecule has 0 bridgehead atoms. The summed E-state index contributed by atoms with van der Waals surface area (Å²) in [4.78, 5) is 14.5. The SMILES string of the molecule is CC[C@@H]1CN(Cc2ccccc2)CC[C@@H]1NC(=O)OC(C)(C)C. The van der Waals surface area contributed by atoms with Gasteiger partial charge in [0.1, 0.15) is 5.60 Å². The van der Waals surface area contributed by atoms with E-state index in [1.807, 2.05) is 20.8 Å². The Morgan fingerprint density at radius 1 is 1.30 bits per heavy atom. The van der Waals surface area contributed by atoms with Crippen molar-refractivity contribution in [1.29, 1.82) is 0 Å². The van der Waals surface area contributed by atoms with Crippen molar-refractivity contribution < 1.29 is 9.53 Å². The molecule has 23 heavy (non-hydrogen) atoms. The maximum Gasteiger partial charge on any atom is 0.407 e.